The number of rotatable bonds is 2. The van der Waals surface area contributed by atoms with Crippen LogP contribution >= 0.6 is 0 Å². The minimum absolute atomic E-state index is 0.180. The molecule has 1 unspecified atom stereocenters. The van der Waals surface area contributed by atoms with E-state index in [2.05, 4.69) is 5.32 Å². The largest absolute Gasteiger partial charge is 0.463 e. The average Bonchev–Trinajstić information content (AvgIpc) is 2.19. The molecule has 1 atom stereocenters. The Hall–Kier alpha value is -1.10. The van der Waals surface area contributed by atoms with Gasteiger partial charge in [0.15, 0.2) is 0 Å². The molecule has 1 rings (SSSR count). The second kappa shape index (κ2) is 4.53. The van der Waals surface area contributed by atoms with Crippen molar-refractivity contribution in [1.29, 1.82) is 0 Å². The maximum Gasteiger partial charge on any atom is 0.325 e. The average molecular weight is 257 g/mol. The molecule has 104 valence electrons. The first-order valence-electron chi connectivity index (χ1n) is 6.10. The molecule has 0 aliphatic carbocycles. The van der Waals surface area contributed by atoms with Crippen molar-refractivity contribution in [2.45, 2.75) is 52.6 Å². The standard InChI is InChI=1S/C13H23NO4/c1-11(2,3)9(15)17-7-13(6)8-18-10(16)12(4,5)14-13/h14H,7-8H2,1-6H3. The molecule has 0 spiro atoms. The number of cyclic esters (lactones) is 1. The van der Waals surface area contributed by atoms with Crippen LogP contribution in [0.15, 0.2) is 0 Å². The third-order valence-corrected chi connectivity index (χ3v) is 2.78. The number of carbonyl (C=O) groups excluding carboxylic acids is 2. The molecule has 1 N–H and O–H groups in total. The summed E-state index contributed by atoms with van der Waals surface area (Å²) in [5.41, 5.74) is -1.84. The van der Waals surface area contributed by atoms with Gasteiger partial charge in [0.05, 0.1) is 11.0 Å². The smallest absolute Gasteiger partial charge is 0.325 e. The van der Waals surface area contributed by atoms with Crippen LogP contribution in [-0.4, -0.2) is 36.2 Å². The van der Waals surface area contributed by atoms with Gasteiger partial charge in [0.2, 0.25) is 0 Å². The van der Waals surface area contributed by atoms with Gasteiger partial charge in [0.1, 0.15) is 18.8 Å². The Morgan fingerprint density at radius 1 is 1.39 bits per heavy atom. The summed E-state index contributed by atoms with van der Waals surface area (Å²) in [5, 5.41) is 3.17. The lowest BCUT2D eigenvalue weighted by Crippen LogP contribution is -2.66. The van der Waals surface area contributed by atoms with Gasteiger partial charge >= 0.3 is 11.9 Å². The summed E-state index contributed by atoms with van der Waals surface area (Å²) in [5.74, 6) is -0.553. The van der Waals surface area contributed by atoms with Crippen molar-refractivity contribution in [2.24, 2.45) is 5.41 Å². The maximum atomic E-state index is 11.7. The first kappa shape index (κ1) is 15.0. The van der Waals surface area contributed by atoms with Crippen LogP contribution in [0.3, 0.4) is 0 Å². The fourth-order valence-electron chi connectivity index (χ4n) is 1.77. The minimum Gasteiger partial charge on any atom is -0.463 e. The van der Waals surface area contributed by atoms with Crippen LogP contribution in [0.25, 0.3) is 0 Å². The summed E-state index contributed by atoms with van der Waals surface area (Å²) in [6.07, 6.45) is 0. The summed E-state index contributed by atoms with van der Waals surface area (Å²) in [4.78, 5) is 23.2. The van der Waals surface area contributed by atoms with E-state index in [1.165, 1.54) is 0 Å². The van der Waals surface area contributed by atoms with Crippen molar-refractivity contribution in [2.75, 3.05) is 13.2 Å². The Labute approximate surface area is 108 Å². The molecule has 1 aliphatic rings. The molecule has 0 aromatic heterocycles. The number of hydrogen-bond acceptors (Lipinski definition) is 5. The highest BCUT2D eigenvalue weighted by Gasteiger charge is 2.44. The zero-order valence-corrected chi connectivity index (χ0v) is 12.0. The Kier molecular flexibility index (Phi) is 3.77. The molecule has 1 aliphatic heterocycles. The number of hydrogen-bond donors (Lipinski definition) is 1. The molecule has 0 aromatic carbocycles. The van der Waals surface area contributed by atoms with Gasteiger partial charge in [-0.1, -0.05) is 0 Å². The van der Waals surface area contributed by atoms with E-state index in [1.807, 2.05) is 6.92 Å². The minimum atomic E-state index is -0.763. The Morgan fingerprint density at radius 3 is 2.39 bits per heavy atom. The van der Waals surface area contributed by atoms with Gasteiger partial charge in [-0.3, -0.25) is 14.9 Å². The van der Waals surface area contributed by atoms with Crippen molar-refractivity contribution < 1.29 is 19.1 Å². The van der Waals surface area contributed by atoms with Crippen LogP contribution in [0, 0.1) is 5.41 Å². The highest BCUT2D eigenvalue weighted by atomic mass is 16.6. The topological polar surface area (TPSA) is 64.6 Å². The van der Waals surface area contributed by atoms with Crippen LogP contribution in [0.1, 0.15) is 41.5 Å². The second-order valence-electron chi connectivity index (χ2n) is 6.71. The van der Waals surface area contributed by atoms with E-state index < -0.39 is 16.5 Å². The van der Waals surface area contributed by atoms with E-state index in [9.17, 15) is 9.59 Å². The van der Waals surface area contributed by atoms with Crippen molar-refractivity contribution >= 4 is 11.9 Å². The highest BCUT2D eigenvalue weighted by molar-refractivity contribution is 5.81. The monoisotopic (exact) mass is 257 g/mol. The van der Waals surface area contributed by atoms with Crippen molar-refractivity contribution in [3.63, 3.8) is 0 Å². The molecule has 5 heteroatoms. The first-order chi connectivity index (χ1) is 7.96. The normalized spacial score (nSPS) is 27.6. The Balaban J connectivity index is 2.62. The number of ether oxygens (including phenoxy) is 2. The van der Waals surface area contributed by atoms with Crippen LogP contribution < -0.4 is 5.32 Å². The maximum absolute atomic E-state index is 11.7. The van der Waals surface area contributed by atoms with Crippen LogP contribution in [0.2, 0.25) is 0 Å². The molecule has 18 heavy (non-hydrogen) atoms. The molecular weight excluding hydrogens is 234 g/mol. The van der Waals surface area contributed by atoms with E-state index in [0.717, 1.165) is 0 Å². The van der Waals surface area contributed by atoms with Crippen LogP contribution in [0.4, 0.5) is 0 Å². The fraction of sp³-hybridized carbons (Fsp3) is 0.846. The lowest BCUT2D eigenvalue weighted by Gasteiger charge is -2.42. The molecule has 0 bridgehead atoms. The quantitative estimate of drug-likeness (QED) is 0.754. The SMILES string of the molecule is CC1(COC(=O)C(C)(C)C)COC(=O)C(C)(C)N1. The van der Waals surface area contributed by atoms with E-state index in [-0.39, 0.29) is 25.2 Å². The van der Waals surface area contributed by atoms with Gasteiger partial charge in [-0.2, -0.15) is 0 Å². The predicted octanol–water partition coefficient (Wildman–Crippen LogP) is 1.26. The number of morpholine rings is 1. The van der Waals surface area contributed by atoms with Gasteiger partial charge in [-0.25, -0.2) is 0 Å². The summed E-state index contributed by atoms with van der Waals surface area (Å²) in [6, 6.07) is 0. The van der Waals surface area contributed by atoms with Gasteiger partial charge in [0.25, 0.3) is 0 Å². The van der Waals surface area contributed by atoms with Gasteiger partial charge in [0, 0.05) is 0 Å². The molecule has 1 heterocycles. The molecule has 1 saturated heterocycles. The first-order valence-corrected chi connectivity index (χ1v) is 6.10. The lowest BCUT2D eigenvalue weighted by atomic mass is 9.94. The van der Waals surface area contributed by atoms with Crippen molar-refractivity contribution in [3.8, 4) is 0 Å². The molecule has 0 amide bonds. The van der Waals surface area contributed by atoms with Crippen molar-refractivity contribution in [3.05, 3.63) is 0 Å². The molecule has 0 saturated carbocycles. The van der Waals surface area contributed by atoms with E-state index in [1.54, 1.807) is 34.6 Å². The van der Waals surface area contributed by atoms with Crippen molar-refractivity contribution in [1.82, 2.24) is 5.32 Å². The highest BCUT2D eigenvalue weighted by Crippen LogP contribution is 2.22. The van der Waals surface area contributed by atoms with Gasteiger partial charge < -0.3 is 9.47 Å². The number of nitrogens with one attached hydrogen (secondary N) is 1. The molecule has 0 aromatic rings. The Morgan fingerprint density at radius 2 is 1.94 bits per heavy atom. The van der Waals surface area contributed by atoms with Crippen LogP contribution in [-0.2, 0) is 19.1 Å². The zero-order chi connectivity index (χ0) is 14.2. The molecule has 0 radical (unpaired) electrons. The third-order valence-electron chi connectivity index (χ3n) is 2.78. The lowest BCUT2D eigenvalue weighted by molar-refractivity contribution is -0.168. The Bertz CT molecular complexity index is 356. The fourth-order valence-corrected chi connectivity index (χ4v) is 1.77. The van der Waals surface area contributed by atoms with Gasteiger partial charge in [-0.05, 0) is 41.5 Å². The number of carbonyl (C=O) groups is 2. The second-order valence-corrected chi connectivity index (χ2v) is 6.71. The third kappa shape index (κ3) is 3.45. The summed E-state index contributed by atoms with van der Waals surface area (Å²) in [6.45, 7) is 11.2. The van der Waals surface area contributed by atoms with E-state index >= 15 is 0 Å². The molecule has 1 fully saturated rings. The zero-order valence-electron chi connectivity index (χ0n) is 12.0. The van der Waals surface area contributed by atoms with E-state index in [0.29, 0.717) is 0 Å². The van der Waals surface area contributed by atoms with Crippen LogP contribution in [0.5, 0.6) is 0 Å². The summed E-state index contributed by atoms with van der Waals surface area (Å²) >= 11 is 0. The molecular formula is C13H23NO4. The van der Waals surface area contributed by atoms with Gasteiger partial charge in [-0.15, -0.1) is 0 Å². The summed E-state index contributed by atoms with van der Waals surface area (Å²) < 4.78 is 10.4. The molecule has 5 nitrogen and oxygen atoms in total. The number of esters is 2. The predicted molar refractivity (Wildman–Crippen MR) is 67.0 cm³/mol. The van der Waals surface area contributed by atoms with E-state index in [4.69, 9.17) is 9.47 Å². The summed E-state index contributed by atoms with van der Waals surface area (Å²) in [7, 11) is 0.